The average molecular weight is 498 g/mol. The minimum atomic E-state index is -0.147. The largest absolute Gasteiger partial charge is 0.468 e. The van der Waals surface area contributed by atoms with Crippen molar-refractivity contribution in [1.29, 1.82) is 0 Å². The molecular formula is C23H23N5O4S2. The third kappa shape index (κ3) is 5.15. The molecule has 4 aromatic rings. The van der Waals surface area contributed by atoms with Crippen LogP contribution >= 0.6 is 23.1 Å². The first-order valence-corrected chi connectivity index (χ1v) is 13.1. The van der Waals surface area contributed by atoms with Crippen LogP contribution in [0.1, 0.15) is 50.4 Å². The molecule has 4 heterocycles. The van der Waals surface area contributed by atoms with E-state index in [0.29, 0.717) is 41.9 Å². The van der Waals surface area contributed by atoms with Crippen molar-refractivity contribution < 1.29 is 18.6 Å². The number of hydrogen-bond acceptors (Lipinski definition) is 9. The number of carbonyl (C=O) groups is 2. The van der Waals surface area contributed by atoms with Gasteiger partial charge >= 0.3 is 0 Å². The fourth-order valence-electron chi connectivity index (χ4n) is 3.90. The third-order valence-electron chi connectivity index (χ3n) is 5.74. The summed E-state index contributed by atoms with van der Waals surface area (Å²) in [4.78, 5) is 31.8. The molecule has 5 rings (SSSR count). The normalized spacial score (nSPS) is 14.5. The van der Waals surface area contributed by atoms with Crippen molar-refractivity contribution in [2.24, 2.45) is 0 Å². The van der Waals surface area contributed by atoms with E-state index in [4.69, 9.17) is 9.05 Å². The summed E-state index contributed by atoms with van der Waals surface area (Å²) in [5.41, 5.74) is 2.25. The Kier molecular flexibility index (Phi) is 6.91. The molecule has 1 fully saturated rings. The molecule has 0 bridgehead atoms. The monoisotopic (exact) mass is 497 g/mol. The summed E-state index contributed by atoms with van der Waals surface area (Å²) in [7, 11) is 0. The van der Waals surface area contributed by atoms with Gasteiger partial charge in [0, 0.05) is 42.2 Å². The first-order chi connectivity index (χ1) is 16.7. The number of rotatable bonds is 8. The molecule has 11 heteroatoms. The molecule has 3 aromatic heterocycles. The van der Waals surface area contributed by atoms with Gasteiger partial charge in [-0.2, -0.15) is 11.8 Å². The molecule has 34 heavy (non-hydrogen) atoms. The predicted octanol–water partition coefficient (Wildman–Crippen LogP) is 3.96. The number of piperidine rings is 1. The molecule has 1 aliphatic heterocycles. The predicted molar refractivity (Wildman–Crippen MR) is 129 cm³/mol. The minimum Gasteiger partial charge on any atom is -0.468 e. The van der Waals surface area contributed by atoms with Gasteiger partial charge in [0.2, 0.25) is 0 Å². The van der Waals surface area contributed by atoms with Crippen molar-refractivity contribution in [3.8, 4) is 0 Å². The van der Waals surface area contributed by atoms with Crippen LogP contribution in [0.15, 0.2) is 51.0 Å². The fraction of sp³-hybridized carbons (Fsp3) is 0.348. The summed E-state index contributed by atoms with van der Waals surface area (Å²) >= 11 is 3.22. The van der Waals surface area contributed by atoms with E-state index in [1.165, 1.54) is 11.3 Å². The summed E-state index contributed by atoms with van der Waals surface area (Å²) in [6, 6.07) is 9.02. The number of aromatic nitrogens is 3. The summed E-state index contributed by atoms with van der Waals surface area (Å²) in [5, 5.41) is 13.3. The number of likely N-dealkylation sites (tertiary alicyclic amines) is 1. The van der Waals surface area contributed by atoms with Crippen LogP contribution < -0.4 is 5.32 Å². The Balaban J connectivity index is 1.08. The molecule has 0 aliphatic carbocycles. The Hall–Kier alpha value is -3.18. The van der Waals surface area contributed by atoms with E-state index in [9.17, 15) is 9.59 Å². The van der Waals surface area contributed by atoms with E-state index >= 15 is 0 Å². The second-order valence-electron chi connectivity index (χ2n) is 7.99. The molecule has 2 amide bonds. The van der Waals surface area contributed by atoms with Crippen LogP contribution in [0, 0.1) is 0 Å². The van der Waals surface area contributed by atoms with E-state index in [-0.39, 0.29) is 17.7 Å². The van der Waals surface area contributed by atoms with E-state index < -0.39 is 0 Å². The minimum absolute atomic E-state index is 0.0209. The molecule has 1 aliphatic rings. The quantitative estimate of drug-likeness (QED) is 0.364. The van der Waals surface area contributed by atoms with Crippen LogP contribution in [0.4, 0.5) is 0 Å². The summed E-state index contributed by atoms with van der Waals surface area (Å²) < 4.78 is 10.0. The molecule has 0 atom stereocenters. The number of benzene rings is 1. The van der Waals surface area contributed by atoms with E-state index in [2.05, 4.69) is 20.6 Å². The summed E-state index contributed by atoms with van der Waals surface area (Å²) in [6.45, 7) is 1.87. The lowest BCUT2D eigenvalue weighted by atomic mass is 9.97. The lowest BCUT2D eigenvalue weighted by Gasteiger charge is -2.31. The maximum Gasteiger partial charge on any atom is 0.270 e. The van der Waals surface area contributed by atoms with Crippen molar-refractivity contribution in [3.63, 3.8) is 0 Å². The molecule has 1 aromatic carbocycles. The number of thiazole rings is 1. The highest BCUT2D eigenvalue weighted by atomic mass is 32.2. The van der Waals surface area contributed by atoms with Crippen molar-refractivity contribution in [2.75, 3.05) is 25.4 Å². The van der Waals surface area contributed by atoms with Gasteiger partial charge < -0.3 is 14.6 Å². The van der Waals surface area contributed by atoms with Gasteiger partial charge in [0.25, 0.3) is 11.8 Å². The van der Waals surface area contributed by atoms with Gasteiger partial charge in [-0.1, -0.05) is 0 Å². The molecule has 9 nitrogen and oxygen atoms in total. The Labute approximate surface area is 203 Å². The van der Waals surface area contributed by atoms with Crippen LogP contribution in [0.2, 0.25) is 0 Å². The first kappa shape index (κ1) is 22.6. The second kappa shape index (κ2) is 10.4. The molecular weight excluding hydrogens is 474 g/mol. The highest BCUT2D eigenvalue weighted by Crippen LogP contribution is 2.31. The Bertz CT molecular complexity index is 1260. The molecule has 1 N–H and O–H groups in total. The van der Waals surface area contributed by atoms with Crippen molar-refractivity contribution >= 4 is 45.9 Å². The van der Waals surface area contributed by atoms with Gasteiger partial charge in [-0.25, -0.2) is 9.61 Å². The van der Waals surface area contributed by atoms with Crippen molar-refractivity contribution in [1.82, 2.24) is 25.5 Å². The maximum atomic E-state index is 12.9. The third-order valence-corrected chi connectivity index (χ3v) is 7.73. The maximum absolute atomic E-state index is 12.9. The summed E-state index contributed by atoms with van der Waals surface area (Å²) in [5.74, 6) is 2.61. The molecule has 176 valence electrons. The van der Waals surface area contributed by atoms with Crippen LogP contribution in [0.5, 0.6) is 0 Å². The van der Waals surface area contributed by atoms with Gasteiger partial charge in [0.15, 0.2) is 0 Å². The number of nitrogens with one attached hydrogen (secondary N) is 1. The SMILES string of the molecule is O=C(NCCSCc1ccco1)c1csc(C2CCN(C(=O)c3ccc4nonc4c3)CC2)n1. The van der Waals surface area contributed by atoms with Gasteiger partial charge in [-0.3, -0.25) is 9.59 Å². The van der Waals surface area contributed by atoms with Crippen molar-refractivity contribution in [3.05, 3.63) is 64.0 Å². The molecule has 1 saturated heterocycles. The van der Waals surface area contributed by atoms with Gasteiger partial charge in [0.05, 0.1) is 17.0 Å². The topological polar surface area (TPSA) is 114 Å². The van der Waals surface area contributed by atoms with Gasteiger partial charge in [0.1, 0.15) is 22.5 Å². The van der Waals surface area contributed by atoms with Crippen molar-refractivity contribution in [2.45, 2.75) is 24.5 Å². The number of amides is 2. The van der Waals surface area contributed by atoms with Gasteiger partial charge in [-0.15, -0.1) is 11.3 Å². The van der Waals surface area contributed by atoms with E-state index in [1.807, 2.05) is 22.4 Å². The Morgan fingerprint density at radius 3 is 2.85 bits per heavy atom. The zero-order valence-electron chi connectivity index (χ0n) is 18.3. The number of nitrogens with zero attached hydrogens (tertiary/aromatic N) is 4. The zero-order chi connectivity index (χ0) is 23.3. The van der Waals surface area contributed by atoms with Crippen LogP contribution in [-0.2, 0) is 5.75 Å². The molecule has 0 radical (unpaired) electrons. The van der Waals surface area contributed by atoms with E-state index in [0.717, 1.165) is 35.1 Å². The first-order valence-electron chi connectivity index (χ1n) is 11.0. The standard InChI is InChI=1S/C23H23N5O4S2/c29-21(24-7-11-33-13-17-2-1-10-31-17)20-14-34-22(25-20)15-5-8-28(9-6-15)23(30)16-3-4-18-19(12-16)27-32-26-18/h1-4,10,12,14-15H,5-9,11,13H2,(H,24,29). The number of thioether (sulfide) groups is 1. The highest BCUT2D eigenvalue weighted by Gasteiger charge is 2.27. The molecule has 0 spiro atoms. The van der Waals surface area contributed by atoms with Crippen LogP contribution in [0.25, 0.3) is 11.0 Å². The molecule has 0 unspecified atom stereocenters. The summed E-state index contributed by atoms with van der Waals surface area (Å²) in [6.07, 6.45) is 3.30. The Morgan fingerprint density at radius 1 is 1.18 bits per heavy atom. The lowest BCUT2D eigenvalue weighted by Crippen LogP contribution is -2.37. The Morgan fingerprint density at radius 2 is 2.03 bits per heavy atom. The second-order valence-corrected chi connectivity index (χ2v) is 9.99. The van der Waals surface area contributed by atoms with Gasteiger partial charge in [-0.05, 0) is 53.5 Å². The lowest BCUT2D eigenvalue weighted by molar-refractivity contribution is 0.0713. The fourth-order valence-corrected chi connectivity index (χ4v) is 5.63. The van der Waals surface area contributed by atoms with Crippen LogP contribution in [-0.4, -0.2) is 57.4 Å². The number of fused-ring (bicyclic) bond motifs is 1. The molecule has 0 saturated carbocycles. The number of furan rings is 1. The van der Waals surface area contributed by atoms with E-state index in [1.54, 1.807) is 36.2 Å². The smallest absolute Gasteiger partial charge is 0.270 e. The highest BCUT2D eigenvalue weighted by molar-refractivity contribution is 7.98. The average Bonchev–Trinajstić information content (AvgIpc) is 3.65. The number of carbonyl (C=O) groups excluding carboxylic acids is 2. The number of hydrogen-bond donors (Lipinski definition) is 1. The van der Waals surface area contributed by atoms with Crippen LogP contribution in [0.3, 0.4) is 0 Å². The zero-order valence-corrected chi connectivity index (χ0v) is 19.9.